The summed E-state index contributed by atoms with van der Waals surface area (Å²) in [5.74, 6) is 0.465. The summed E-state index contributed by atoms with van der Waals surface area (Å²) in [6, 6.07) is 12.5. The third-order valence-electron chi connectivity index (χ3n) is 4.36. The number of rotatable bonds is 4. The van der Waals surface area contributed by atoms with Crippen LogP contribution in [-0.2, 0) is 10.0 Å². The minimum Gasteiger partial charge on any atom is -0.495 e. The van der Waals surface area contributed by atoms with Crippen LogP contribution in [-0.4, -0.2) is 26.4 Å². The molecule has 0 N–H and O–H groups in total. The maximum absolute atomic E-state index is 13.1. The van der Waals surface area contributed by atoms with Crippen molar-refractivity contribution in [1.29, 1.82) is 0 Å². The fourth-order valence-corrected chi connectivity index (χ4v) is 5.21. The average Bonchev–Trinajstić information content (AvgIpc) is 3.05. The number of halogens is 1. The summed E-state index contributed by atoms with van der Waals surface area (Å²) in [5.41, 5.74) is 2.17. The Kier molecular flexibility index (Phi) is 4.85. The molecule has 1 aliphatic rings. The van der Waals surface area contributed by atoms with Crippen LogP contribution in [0.25, 0.3) is 0 Å². The van der Waals surface area contributed by atoms with Gasteiger partial charge in [-0.15, -0.1) is 0 Å². The van der Waals surface area contributed by atoms with E-state index in [4.69, 9.17) is 16.3 Å². The molecule has 1 heterocycles. The van der Waals surface area contributed by atoms with Crippen LogP contribution >= 0.6 is 11.6 Å². The quantitative estimate of drug-likeness (QED) is 0.816. The lowest BCUT2D eigenvalue weighted by molar-refractivity contribution is 0.396. The van der Waals surface area contributed by atoms with Crippen molar-refractivity contribution in [3.63, 3.8) is 0 Å². The second-order valence-electron chi connectivity index (χ2n) is 5.98. The fraction of sp³-hybridized carbons (Fsp3) is 0.333. The number of methoxy groups -OCH3 is 1. The molecule has 0 radical (unpaired) electrons. The summed E-state index contributed by atoms with van der Waals surface area (Å²) in [6.45, 7) is 2.53. The zero-order chi connectivity index (χ0) is 17.3. The first-order chi connectivity index (χ1) is 11.4. The van der Waals surface area contributed by atoms with E-state index in [1.54, 1.807) is 16.4 Å². The normalized spacial score (nSPS) is 18.7. The van der Waals surface area contributed by atoms with E-state index in [0.29, 0.717) is 17.3 Å². The Morgan fingerprint density at radius 2 is 2.00 bits per heavy atom. The number of hydrogen-bond acceptors (Lipinski definition) is 3. The first-order valence-corrected chi connectivity index (χ1v) is 9.67. The van der Waals surface area contributed by atoms with Crippen molar-refractivity contribution < 1.29 is 13.2 Å². The molecule has 0 aliphatic carbocycles. The maximum atomic E-state index is 13.1. The van der Waals surface area contributed by atoms with Crippen molar-refractivity contribution in [3.05, 3.63) is 58.6 Å². The molecule has 1 unspecified atom stereocenters. The van der Waals surface area contributed by atoms with E-state index >= 15 is 0 Å². The molecule has 1 saturated heterocycles. The molecule has 1 atom stereocenters. The summed E-state index contributed by atoms with van der Waals surface area (Å²) in [4.78, 5) is 0.202. The Labute approximate surface area is 148 Å². The molecule has 3 rings (SSSR count). The van der Waals surface area contributed by atoms with Crippen LogP contribution in [0.4, 0.5) is 0 Å². The van der Waals surface area contributed by atoms with Crippen molar-refractivity contribution in [2.45, 2.75) is 30.7 Å². The van der Waals surface area contributed by atoms with Gasteiger partial charge in [-0.25, -0.2) is 8.42 Å². The summed E-state index contributed by atoms with van der Waals surface area (Å²) in [6.07, 6.45) is 1.67. The molecule has 6 heteroatoms. The lowest BCUT2D eigenvalue weighted by Gasteiger charge is -2.25. The highest BCUT2D eigenvalue weighted by Gasteiger charge is 2.36. The van der Waals surface area contributed by atoms with Gasteiger partial charge in [-0.05, 0) is 43.5 Å². The number of nitrogens with zero attached hydrogens (tertiary/aromatic N) is 1. The van der Waals surface area contributed by atoms with Crippen molar-refractivity contribution >= 4 is 21.6 Å². The molecule has 24 heavy (non-hydrogen) atoms. The van der Waals surface area contributed by atoms with Gasteiger partial charge in [0.2, 0.25) is 10.0 Å². The van der Waals surface area contributed by atoms with Crippen LogP contribution in [0.5, 0.6) is 5.75 Å². The lowest BCUT2D eigenvalue weighted by atomic mass is 10.0. The monoisotopic (exact) mass is 365 g/mol. The van der Waals surface area contributed by atoms with Crippen LogP contribution in [0, 0.1) is 6.92 Å². The van der Waals surface area contributed by atoms with Gasteiger partial charge < -0.3 is 4.74 Å². The van der Waals surface area contributed by atoms with Gasteiger partial charge >= 0.3 is 0 Å². The number of hydrogen-bond donors (Lipinski definition) is 0. The minimum atomic E-state index is -3.60. The second-order valence-corrected chi connectivity index (χ2v) is 8.28. The van der Waals surface area contributed by atoms with Crippen LogP contribution in [0.15, 0.2) is 47.4 Å². The first kappa shape index (κ1) is 17.3. The van der Waals surface area contributed by atoms with Gasteiger partial charge in [0.25, 0.3) is 0 Å². The van der Waals surface area contributed by atoms with Crippen LogP contribution < -0.4 is 4.74 Å². The van der Waals surface area contributed by atoms with E-state index in [9.17, 15) is 8.42 Å². The second kappa shape index (κ2) is 6.75. The first-order valence-electron chi connectivity index (χ1n) is 7.85. The third-order valence-corrected chi connectivity index (χ3v) is 6.56. The SMILES string of the molecule is COc1ccc(S(=O)(=O)N2CCCC2c2cccc(C)c2)cc1Cl. The van der Waals surface area contributed by atoms with Crippen molar-refractivity contribution in [2.24, 2.45) is 0 Å². The highest BCUT2D eigenvalue weighted by Crippen LogP contribution is 2.38. The van der Waals surface area contributed by atoms with Gasteiger partial charge in [0.05, 0.1) is 23.1 Å². The number of benzene rings is 2. The Balaban J connectivity index is 1.98. The van der Waals surface area contributed by atoms with Gasteiger partial charge in [-0.1, -0.05) is 41.4 Å². The molecule has 1 fully saturated rings. The average molecular weight is 366 g/mol. The smallest absolute Gasteiger partial charge is 0.243 e. The van der Waals surface area contributed by atoms with E-state index < -0.39 is 10.0 Å². The predicted molar refractivity (Wildman–Crippen MR) is 95.0 cm³/mol. The van der Waals surface area contributed by atoms with Crippen molar-refractivity contribution in [3.8, 4) is 5.75 Å². The van der Waals surface area contributed by atoms with Gasteiger partial charge in [0.15, 0.2) is 0 Å². The zero-order valence-electron chi connectivity index (χ0n) is 13.7. The van der Waals surface area contributed by atoms with E-state index in [-0.39, 0.29) is 10.9 Å². The predicted octanol–water partition coefficient (Wildman–Crippen LogP) is 4.18. The molecule has 0 bridgehead atoms. The fourth-order valence-electron chi connectivity index (χ4n) is 3.18. The van der Waals surface area contributed by atoms with Crippen LogP contribution in [0.1, 0.15) is 30.0 Å². The Morgan fingerprint density at radius 3 is 2.67 bits per heavy atom. The molecule has 2 aromatic rings. The number of ether oxygens (including phenoxy) is 1. The minimum absolute atomic E-state index is 0.129. The summed E-state index contributed by atoms with van der Waals surface area (Å²) in [5, 5.41) is 0.296. The third kappa shape index (κ3) is 3.16. The molecule has 0 spiro atoms. The molecule has 0 aromatic heterocycles. The zero-order valence-corrected chi connectivity index (χ0v) is 15.3. The Bertz CT molecular complexity index is 851. The van der Waals surface area contributed by atoms with Crippen LogP contribution in [0.3, 0.4) is 0 Å². The molecular formula is C18H20ClNO3S. The molecule has 2 aromatic carbocycles. The highest BCUT2D eigenvalue weighted by atomic mass is 35.5. The topological polar surface area (TPSA) is 46.6 Å². The molecule has 128 valence electrons. The van der Waals surface area contributed by atoms with Gasteiger partial charge in [-0.3, -0.25) is 0 Å². The Morgan fingerprint density at radius 1 is 1.21 bits per heavy atom. The van der Waals surface area contributed by atoms with Crippen LogP contribution in [0.2, 0.25) is 5.02 Å². The molecular weight excluding hydrogens is 346 g/mol. The largest absolute Gasteiger partial charge is 0.495 e. The maximum Gasteiger partial charge on any atom is 0.243 e. The van der Waals surface area contributed by atoms with E-state index in [1.165, 1.54) is 13.2 Å². The molecule has 0 saturated carbocycles. The van der Waals surface area contributed by atoms with Crippen molar-refractivity contribution in [2.75, 3.05) is 13.7 Å². The summed E-state index contributed by atoms with van der Waals surface area (Å²) < 4.78 is 32.8. The summed E-state index contributed by atoms with van der Waals surface area (Å²) >= 11 is 6.11. The molecule has 1 aliphatic heterocycles. The summed E-state index contributed by atoms with van der Waals surface area (Å²) in [7, 11) is -2.10. The van der Waals surface area contributed by atoms with Gasteiger partial charge in [-0.2, -0.15) is 4.31 Å². The molecule has 0 amide bonds. The van der Waals surface area contributed by atoms with E-state index in [2.05, 4.69) is 6.07 Å². The molecule has 4 nitrogen and oxygen atoms in total. The highest BCUT2D eigenvalue weighted by molar-refractivity contribution is 7.89. The number of sulfonamides is 1. The standard InChI is InChI=1S/C18H20ClNO3S/c1-13-5-3-6-14(11-13)17-7-4-10-20(17)24(21,22)15-8-9-18(23-2)16(19)12-15/h3,5-6,8-9,11-12,17H,4,7,10H2,1-2H3. The lowest BCUT2D eigenvalue weighted by Crippen LogP contribution is -2.30. The Hall–Kier alpha value is -1.56. The van der Waals surface area contributed by atoms with E-state index in [0.717, 1.165) is 24.0 Å². The van der Waals surface area contributed by atoms with Crippen molar-refractivity contribution in [1.82, 2.24) is 4.31 Å². The van der Waals surface area contributed by atoms with Gasteiger partial charge in [0, 0.05) is 6.54 Å². The van der Waals surface area contributed by atoms with Gasteiger partial charge in [0.1, 0.15) is 5.75 Å². The number of aryl methyl sites for hydroxylation is 1. The van der Waals surface area contributed by atoms with E-state index in [1.807, 2.05) is 25.1 Å².